The van der Waals surface area contributed by atoms with Crippen molar-refractivity contribution in [2.24, 2.45) is 23.7 Å². The molecule has 1 amide bonds. The molecule has 2 aliphatic carbocycles. The van der Waals surface area contributed by atoms with Gasteiger partial charge >= 0.3 is 11.9 Å². The average Bonchev–Trinajstić information content (AvgIpc) is 3.42. The minimum atomic E-state index is -1.59. The zero-order chi connectivity index (χ0) is 37.0. The van der Waals surface area contributed by atoms with Crippen LogP contribution >= 0.6 is 11.6 Å². The zero-order valence-corrected chi connectivity index (χ0v) is 31.1. The quantitative estimate of drug-likeness (QED) is 0.258. The third kappa shape index (κ3) is 6.68. The normalized spacial score (nSPS) is 33.3. The van der Waals surface area contributed by atoms with Crippen LogP contribution in [0.3, 0.4) is 0 Å². The molecule has 1 saturated heterocycles. The van der Waals surface area contributed by atoms with Gasteiger partial charge in [-0.1, -0.05) is 67.9 Å². The topological polar surface area (TPSA) is 138 Å². The van der Waals surface area contributed by atoms with Crippen LogP contribution in [0.4, 0.5) is 5.69 Å². The minimum Gasteiger partial charge on any atom is -0.454 e. The Balaban J connectivity index is 1.28. The highest BCUT2D eigenvalue weighted by molar-refractivity contribution is 6.33. The second kappa shape index (κ2) is 14.2. The number of hydrogen-bond acceptors (Lipinski definition) is 10. The molecule has 0 aromatic heterocycles. The van der Waals surface area contributed by atoms with Crippen molar-refractivity contribution in [1.29, 1.82) is 0 Å². The lowest BCUT2D eigenvalue weighted by Crippen LogP contribution is -2.66. The molecule has 6 rings (SSSR count). The van der Waals surface area contributed by atoms with E-state index >= 15 is 0 Å². The minimum absolute atomic E-state index is 0.0254. The van der Waals surface area contributed by atoms with Gasteiger partial charge in [-0.15, -0.1) is 0 Å². The number of aryl methyl sites for hydroxylation is 1. The first-order valence-electron chi connectivity index (χ1n) is 17.8. The summed E-state index contributed by atoms with van der Waals surface area (Å²) in [6.45, 7) is 11.7. The number of para-hydroxylation sites is 1. The standard InChI is InChI=1S/C39H50ClN3O8/c1-21-11-8-9-12-27(21)20-43(25(5)44)19-23(3)28-16-15-24(4)39(48)30(28)17-22(2)34(49-26(6)45)35(39)50-36(46)32-18-38(47)29-13-10-14-31(40)33(29)42(7)51-37(38)41-32/h8-14,17,23-24,28,30,32,34-35,37,41,47-48H,15-16,18-20H2,1-7H3/t23?,24-,28+,30-,32+,34-,35+,37-,38-,39-/m1/s1. The smallest absolute Gasteiger partial charge is 0.323 e. The van der Waals surface area contributed by atoms with E-state index in [9.17, 15) is 24.6 Å². The van der Waals surface area contributed by atoms with Gasteiger partial charge in [0.1, 0.15) is 17.2 Å². The number of carbonyl (C=O) groups excluding carboxylic acids is 3. The predicted molar refractivity (Wildman–Crippen MR) is 191 cm³/mol. The Hall–Kier alpha value is -3.48. The summed E-state index contributed by atoms with van der Waals surface area (Å²) in [5.41, 5.74) is 0.699. The van der Waals surface area contributed by atoms with Gasteiger partial charge in [-0.3, -0.25) is 29.6 Å². The van der Waals surface area contributed by atoms with Crippen LogP contribution in [0.25, 0.3) is 0 Å². The van der Waals surface area contributed by atoms with Crippen molar-refractivity contribution in [2.45, 2.75) is 103 Å². The van der Waals surface area contributed by atoms with Crippen molar-refractivity contribution < 1.29 is 38.9 Å². The highest BCUT2D eigenvalue weighted by Crippen LogP contribution is 2.53. The first-order valence-corrected chi connectivity index (χ1v) is 18.2. The molecule has 2 heterocycles. The van der Waals surface area contributed by atoms with E-state index < -0.39 is 53.5 Å². The van der Waals surface area contributed by atoms with Crippen LogP contribution in [-0.2, 0) is 40.8 Å². The molecule has 12 heteroatoms. The van der Waals surface area contributed by atoms with Gasteiger partial charge in [-0.25, -0.2) is 0 Å². The number of amides is 1. The fraction of sp³-hybridized carbons (Fsp3) is 0.564. The monoisotopic (exact) mass is 723 g/mol. The molecule has 2 aromatic rings. The SMILES string of the molecule is CC(=O)O[C@@H]1C(C)=C[C@@H]2[C@H](C(C)CN(Cc3ccccc3C)C(C)=O)CC[C@@H](C)[C@]2(O)[C@H]1OC(=O)[C@@H]1C[C@@]2(O)c3cccc(Cl)c3N(C)O[C@H]2N1. The molecule has 4 aliphatic rings. The number of rotatable bonds is 8. The van der Waals surface area contributed by atoms with Crippen LogP contribution in [0.5, 0.6) is 0 Å². The van der Waals surface area contributed by atoms with Crippen molar-refractivity contribution >= 4 is 35.1 Å². The summed E-state index contributed by atoms with van der Waals surface area (Å²) in [4.78, 5) is 47.3. The molecule has 2 fully saturated rings. The van der Waals surface area contributed by atoms with Gasteiger partial charge in [0.05, 0.1) is 10.7 Å². The second-order valence-electron chi connectivity index (χ2n) is 15.1. The van der Waals surface area contributed by atoms with E-state index in [1.165, 1.54) is 12.0 Å². The molecule has 3 N–H and O–H groups in total. The third-order valence-corrected chi connectivity index (χ3v) is 12.1. The number of anilines is 1. The summed E-state index contributed by atoms with van der Waals surface area (Å²) < 4.78 is 12.1. The largest absolute Gasteiger partial charge is 0.454 e. The summed E-state index contributed by atoms with van der Waals surface area (Å²) in [6, 6.07) is 12.2. The fourth-order valence-electron chi connectivity index (χ4n) is 8.94. The molecular weight excluding hydrogens is 674 g/mol. The lowest BCUT2D eigenvalue weighted by Gasteiger charge is -2.56. The highest BCUT2D eigenvalue weighted by Gasteiger charge is 2.62. The predicted octanol–water partition coefficient (Wildman–Crippen LogP) is 4.79. The number of halogens is 1. The zero-order valence-electron chi connectivity index (χ0n) is 30.4. The molecule has 0 radical (unpaired) electrons. The van der Waals surface area contributed by atoms with E-state index in [4.69, 9.17) is 25.9 Å². The van der Waals surface area contributed by atoms with Crippen LogP contribution in [0.1, 0.15) is 70.6 Å². The number of esters is 2. The molecule has 1 unspecified atom stereocenters. The first-order chi connectivity index (χ1) is 24.1. The highest BCUT2D eigenvalue weighted by atomic mass is 35.5. The van der Waals surface area contributed by atoms with Gasteiger partial charge in [0.25, 0.3) is 0 Å². The number of carbonyl (C=O) groups is 3. The van der Waals surface area contributed by atoms with E-state index in [-0.39, 0.29) is 30.1 Å². The molecule has 276 valence electrons. The molecule has 0 bridgehead atoms. The van der Waals surface area contributed by atoms with Crippen molar-refractivity contribution in [1.82, 2.24) is 10.2 Å². The Morgan fingerprint density at radius 1 is 1.10 bits per heavy atom. The Labute approximate surface area is 304 Å². The molecule has 2 aromatic carbocycles. The van der Waals surface area contributed by atoms with Crippen molar-refractivity contribution in [3.63, 3.8) is 0 Å². The fourth-order valence-corrected chi connectivity index (χ4v) is 9.23. The summed E-state index contributed by atoms with van der Waals surface area (Å²) >= 11 is 6.46. The van der Waals surface area contributed by atoms with Crippen molar-refractivity contribution in [3.05, 3.63) is 75.8 Å². The van der Waals surface area contributed by atoms with Crippen LogP contribution < -0.4 is 10.4 Å². The van der Waals surface area contributed by atoms with Gasteiger partial charge in [0.15, 0.2) is 18.4 Å². The van der Waals surface area contributed by atoms with Gasteiger partial charge in [-0.05, 0) is 67.2 Å². The van der Waals surface area contributed by atoms with Gasteiger partial charge in [0.2, 0.25) is 5.91 Å². The molecular formula is C39H50ClN3O8. The Morgan fingerprint density at radius 2 is 1.82 bits per heavy atom. The molecule has 2 aliphatic heterocycles. The maximum absolute atomic E-state index is 14.2. The molecule has 11 nitrogen and oxygen atoms in total. The van der Waals surface area contributed by atoms with E-state index in [1.807, 2.05) is 56.0 Å². The average molecular weight is 724 g/mol. The number of benzene rings is 2. The molecule has 10 atom stereocenters. The summed E-state index contributed by atoms with van der Waals surface area (Å²) in [7, 11) is 1.67. The van der Waals surface area contributed by atoms with Crippen molar-refractivity contribution in [3.8, 4) is 0 Å². The van der Waals surface area contributed by atoms with Crippen LogP contribution in [0.2, 0.25) is 5.02 Å². The lowest BCUT2D eigenvalue weighted by molar-refractivity contribution is -0.225. The van der Waals surface area contributed by atoms with Gasteiger partial charge < -0.3 is 24.6 Å². The number of fused-ring (bicyclic) bond motifs is 4. The van der Waals surface area contributed by atoms with E-state index in [1.54, 1.807) is 32.2 Å². The second-order valence-corrected chi connectivity index (χ2v) is 15.5. The molecule has 1 saturated carbocycles. The van der Waals surface area contributed by atoms with E-state index in [0.717, 1.165) is 17.5 Å². The Morgan fingerprint density at radius 3 is 2.51 bits per heavy atom. The summed E-state index contributed by atoms with van der Waals surface area (Å²) in [6.07, 6.45) is 0.109. The summed E-state index contributed by atoms with van der Waals surface area (Å²) in [5.74, 6) is -2.19. The molecule has 0 spiro atoms. The summed E-state index contributed by atoms with van der Waals surface area (Å²) in [5, 5.41) is 29.7. The third-order valence-electron chi connectivity index (χ3n) is 11.8. The molecule has 51 heavy (non-hydrogen) atoms. The number of hydrogen-bond donors (Lipinski definition) is 3. The number of aliphatic hydroxyl groups is 2. The van der Waals surface area contributed by atoms with Crippen LogP contribution in [0, 0.1) is 30.6 Å². The number of ether oxygens (including phenoxy) is 2. The van der Waals surface area contributed by atoms with Crippen molar-refractivity contribution in [2.75, 3.05) is 18.7 Å². The number of nitrogens with zero attached hydrogens (tertiary/aromatic N) is 2. The lowest BCUT2D eigenvalue weighted by atomic mass is 9.55. The van der Waals surface area contributed by atoms with E-state index in [0.29, 0.717) is 41.4 Å². The van der Waals surface area contributed by atoms with E-state index in [2.05, 4.69) is 12.2 Å². The first kappa shape index (κ1) is 37.3. The maximum Gasteiger partial charge on any atom is 0.323 e. The van der Waals surface area contributed by atoms with Crippen LogP contribution in [0.15, 0.2) is 54.1 Å². The van der Waals surface area contributed by atoms with Gasteiger partial charge in [0, 0.05) is 51.9 Å². The number of hydroxylamine groups is 1. The Kier molecular flexibility index (Phi) is 10.3. The van der Waals surface area contributed by atoms with Crippen LogP contribution in [-0.4, -0.2) is 76.6 Å². The Bertz CT molecular complexity index is 1720. The maximum atomic E-state index is 14.2. The number of nitrogens with one attached hydrogen (secondary N) is 1. The van der Waals surface area contributed by atoms with Gasteiger partial charge in [-0.2, -0.15) is 0 Å².